The van der Waals surface area contributed by atoms with Gasteiger partial charge in [-0.3, -0.25) is 4.57 Å². The molecule has 0 radical (unpaired) electrons. The monoisotopic (exact) mass is 523 g/mol. The largest absolute Gasteiger partial charge is 1.00 e. The van der Waals surface area contributed by atoms with Gasteiger partial charge in [0.05, 0.1) is 12.9 Å². The van der Waals surface area contributed by atoms with E-state index in [1.165, 1.54) is 12.6 Å². The van der Waals surface area contributed by atoms with Crippen LogP contribution in [0.4, 0.5) is 5.82 Å². The maximum absolute atomic E-state index is 12.2. The summed E-state index contributed by atoms with van der Waals surface area (Å²) in [7, 11) is 0. The Morgan fingerprint density at radius 1 is 1.20 bits per heavy atom. The average molecular weight is 523 g/mol. The first-order chi connectivity index (χ1) is 16.5. The van der Waals surface area contributed by atoms with E-state index in [9.17, 15) is 10.00 Å². The molecule has 5 heterocycles. The van der Waals surface area contributed by atoms with E-state index in [0.717, 1.165) is 5.56 Å². The number of rotatable bonds is 5. The number of aliphatic hydroxyl groups is 1. The Kier molecular flexibility index (Phi) is 7.12. The van der Waals surface area contributed by atoms with Crippen molar-refractivity contribution in [2.45, 2.75) is 31.1 Å². The summed E-state index contributed by atoms with van der Waals surface area (Å²) in [6.07, 6.45) is -0.813. The number of imidazole rings is 1. The molecule has 2 saturated heterocycles. The van der Waals surface area contributed by atoms with E-state index in [4.69, 9.17) is 35.0 Å². The second-order valence-electron chi connectivity index (χ2n) is 7.89. The topological polar surface area (TPSA) is 140 Å². The molecule has 14 heteroatoms. The molecule has 3 aromatic heterocycles. The van der Waals surface area contributed by atoms with Crippen molar-refractivity contribution in [2.24, 2.45) is 0 Å². The van der Waals surface area contributed by atoms with E-state index in [1.807, 2.05) is 30.3 Å². The first-order valence-electron chi connectivity index (χ1n) is 10.5. The van der Waals surface area contributed by atoms with Crippen LogP contribution in [0.25, 0.3) is 22.7 Å². The van der Waals surface area contributed by atoms with Crippen LogP contribution in [-0.4, -0.2) is 49.5 Å². The van der Waals surface area contributed by atoms with Crippen molar-refractivity contribution in [1.29, 1.82) is 0 Å². The van der Waals surface area contributed by atoms with Crippen molar-refractivity contribution in [3.8, 4) is 11.6 Å². The van der Waals surface area contributed by atoms with Gasteiger partial charge in [-0.25, -0.2) is 15.0 Å². The van der Waals surface area contributed by atoms with Crippen LogP contribution >= 0.6 is 6.72 Å². The van der Waals surface area contributed by atoms with E-state index >= 15 is 0 Å². The minimum atomic E-state index is -3.69. The maximum atomic E-state index is 12.2. The molecule has 0 bridgehead atoms. The van der Waals surface area contributed by atoms with Crippen molar-refractivity contribution in [3.63, 3.8) is 0 Å². The Hall–Kier alpha value is -1.70. The second-order valence-corrected chi connectivity index (χ2v) is 10.6. The van der Waals surface area contributed by atoms with Crippen LogP contribution in [-0.2, 0) is 32.1 Å². The quantitative estimate of drug-likeness (QED) is 0.245. The fourth-order valence-corrected chi connectivity index (χ4v) is 5.61. The molecule has 1 aromatic carbocycles. The van der Waals surface area contributed by atoms with Gasteiger partial charge in [-0.15, -0.1) is 0 Å². The van der Waals surface area contributed by atoms with Gasteiger partial charge in [0.25, 0.3) is 0 Å². The third-order valence-electron chi connectivity index (χ3n) is 5.73. The number of hydrogen-bond acceptors (Lipinski definition) is 11. The van der Waals surface area contributed by atoms with Gasteiger partial charge in [0.15, 0.2) is 34.8 Å². The summed E-state index contributed by atoms with van der Waals surface area (Å²) >= 11 is 4.85. The number of benzene rings is 1. The van der Waals surface area contributed by atoms with Gasteiger partial charge in [0.1, 0.15) is 31.4 Å². The van der Waals surface area contributed by atoms with Crippen LogP contribution in [0.3, 0.4) is 0 Å². The minimum Gasteiger partial charge on any atom is -0.780 e. The SMILES string of the molecule is [Na+].[O-]P1(=S)OC[C@H]2O[C@@H](n3c(-c4ccco4)nc4c(NCc5ccccc5)ncnc43)[C@H](O)[C@@H]2O1. The number of furan rings is 1. The number of anilines is 1. The fraction of sp³-hybridized carbons (Fsp3) is 0.286. The van der Waals surface area contributed by atoms with Gasteiger partial charge < -0.3 is 33.5 Å². The van der Waals surface area contributed by atoms with E-state index < -0.39 is 31.3 Å². The number of nitrogens with zero attached hydrogens (tertiary/aromatic N) is 4. The molecule has 0 amide bonds. The first-order valence-corrected chi connectivity index (χ1v) is 13.1. The fourth-order valence-electron chi connectivity index (χ4n) is 4.18. The van der Waals surface area contributed by atoms with Gasteiger partial charge in [-0.2, -0.15) is 0 Å². The molecular formula is C21H19N5NaO6PS. The molecule has 0 saturated carbocycles. The van der Waals surface area contributed by atoms with Crippen LogP contribution in [0.5, 0.6) is 0 Å². The Morgan fingerprint density at radius 2 is 2.03 bits per heavy atom. The number of aliphatic hydroxyl groups excluding tert-OH is 1. The van der Waals surface area contributed by atoms with E-state index in [2.05, 4.69) is 15.3 Å². The molecule has 11 nitrogen and oxygen atoms in total. The average Bonchev–Trinajstić information content (AvgIpc) is 3.56. The normalized spacial score (nSPS) is 27.9. The van der Waals surface area contributed by atoms with Gasteiger partial charge in [0.2, 0.25) is 0 Å². The zero-order chi connectivity index (χ0) is 23.3. The molecule has 6 rings (SSSR count). The summed E-state index contributed by atoms with van der Waals surface area (Å²) in [5, 5.41) is 14.4. The molecule has 0 aliphatic carbocycles. The summed E-state index contributed by atoms with van der Waals surface area (Å²) in [5.74, 6) is 1.34. The van der Waals surface area contributed by atoms with Crippen LogP contribution < -0.4 is 39.8 Å². The molecule has 2 fully saturated rings. The number of ether oxygens (including phenoxy) is 1. The second kappa shape index (κ2) is 9.98. The van der Waals surface area contributed by atoms with E-state index in [0.29, 0.717) is 35.1 Å². The van der Waals surface area contributed by atoms with E-state index in [1.54, 1.807) is 16.7 Å². The van der Waals surface area contributed by atoms with Crippen molar-refractivity contribution >= 4 is 35.5 Å². The molecular weight excluding hydrogens is 504 g/mol. The Balaban J connectivity index is 0.00000253. The molecule has 1 unspecified atom stereocenters. The third kappa shape index (κ3) is 4.72. The van der Waals surface area contributed by atoms with E-state index in [-0.39, 0.29) is 36.2 Å². The number of fused-ring (bicyclic) bond motifs is 2. The molecule has 2 aliphatic rings. The van der Waals surface area contributed by atoms with Crippen LogP contribution in [0.15, 0.2) is 59.5 Å². The van der Waals surface area contributed by atoms with Crippen molar-refractivity contribution in [3.05, 3.63) is 60.6 Å². The Morgan fingerprint density at radius 3 is 2.80 bits per heavy atom. The molecule has 35 heavy (non-hydrogen) atoms. The number of nitrogens with one attached hydrogen (secondary N) is 1. The Bertz CT molecular complexity index is 1370. The Labute approximate surface area is 227 Å². The van der Waals surface area contributed by atoms with Crippen LogP contribution in [0.2, 0.25) is 0 Å². The summed E-state index contributed by atoms with van der Waals surface area (Å²) in [6.45, 7) is -3.21. The summed E-state index contributed by atoms with van der Waals surface area (Å²) in [6, 6.07) is 13.4. The zero-order valence-corrected chi connectivity index (χ0v) is 22.3. The van der Waals surface area contributed by atoms with Crippen LogP contribution in [0, 0.1) is 0 Å². The van der Waals surface area contributed by atoms with Gasteiger partial charge in [-0.05, 0) is 17.7 Å². The third-order valence-corrected chi connectivity index (χ3v) is 7.27. The predicted molar refractivity (Wildman–Crippen MR) is 122 cm³/mol. The van der Waals surface area contributed by atoms with Gasteiger partial charge >= 0.3 is 29.6 Å². The van der Waals surface area contributed by atoms with Crippen molar-refractivity contribution in [1.82, 2.24) is 19.5 Å². The molecule has 2 N–H and O–H groups in total. The van der Waals surface area contributed by atoms with Gasteiger partial charge in [0, 0.05) is 6.54 Å². The molecule has 2 aliphatic heterocycles. The van der Waals surface area contributed by atoms with Gasteiger partial charge in [-0.1, -0.05) is 42.1 Å². The molecule has 176 valence electrons. The zero-order valence-electron chi connectivity index (χ0n) is 18.6. The maximum Gasteiger partial charge on any atom is 1.00 e. The molecule has 5 atom stereocenters. The van der Waals surface area contributed by atoms with Crippen LogP contribution in [0.1, 0.15) is 11.8 Å². The number of hydrogen-bond donors (Lipinski definition) is 2. The van der Waals surface area contributed by atoms with Crippen molar-refractivity contribution in [2.75, 3.05) is 11.9 Å². The standard InChI is InChI=1S/C21H20N5O6PS.Na/c27-16-17-14(10-30-33(28,34)32-17)31-21(16)26-19(13-7-4-8-29-13)25-15-18(23-11-24-20(15)26)22-9-12-5-2-1-3-6-12;/h1-8,11,14,16-17,21,27H,9-10H2,(H,28,34)(H,22,23,24);/q;+1/p-1/t14-,16-,17-,21-,33?;/m1./s1. The predicted octanol–water partition coefficient (Wildman–Crippen LogP) is -1.04. The summed E-state index contributed by atoms with van der Waals surface area (Å²) < 4.78 is 23.8. The minimum absolute atomic E-state index is 0. The smallest absolute Gasteiger partial charge is 0.780 e. The molecule has 4 aromatic rings. The first kappa shape index (κ1) is 25.0. The van der Waals surface area contributed by atoms with Crippen molar-refractivity contribution < 1.29 is 57.8 Å². The number of aromatic nitrogens is 4. The summed E-state index contributed by atoms with van der Waals surface area (Å²) in [4.78, 5) is 25.7. The summed E-state index contributed by atoms with van der Waals surface area (Å²) in [5.41, 5.74) is 1.97. The molecule has 0 spiro atoms.